The van der Waals surface area contributed by atoms with E-state index in [1.54, 1.807) is 0 Å². The van der Waals surface area contributed by atoms with Crippen LogP contribution in [0.15, 0.2) is 11.8 Å². The van der Waals surface area contributed by atoms with Crippen molar-refractivity contribution in [2.75, 3.05) is 13.1 Å². The number of Topliss-reactive ketones (excluding diaryl/α,β-unsaturated/α-hetero) is 2. The summed E-state index contributed by atoms with van der Waals surface area (Å²) in [7, 11) is 0. The van der Waals surface area contributed by atoms with E-state index in [-0.39, 0.29) is 22.9 Å². The summed E-state index contributed by atoms with van der Waals surface area (Å²) in [5.74, 6) is 2.22. The number of rotatable bonds is 3. The SMILES string of the molecule is C[C@]12CCC(NO[C@@H]3CCNC3)=CC1C(=O)C[C@@H]1[C@@H]2CC[C@]2(C)C(=O)CC[C@@H]12. The molecular weight excluding hydrogens is 352 g/mol. The first-order chi connectivity index (χ1) is 13.4. The minimum atomic E-state index is -0.162. The van der Waals surface area contributed by atoms with Gasteiger partial charge in [-0.25, -0.2) is 0 Å². The van der Waals surface area contributed by atoms with Gasteiger partial charge in [-0.3, -0.25) is 19.9 Å². The lowest BCUT2D eigenvalue weighted by Gasteiger charge is -2.58. The Bertz CT molecular complexity index is 713. The van der Waals surface area contributed by atoms with Crippen molar-refractivity contribution in [2.24, 2.45) is 34.5 Å². The van der Waals surface area contributed by atoms with Crippen molar-refractivity contribution in [3.8, 4) is 0 Å². The molecule has 28 heavy (non-hydrogen) atoms. The molecule has 0 bridgehead atoms. The van der Waals surface area contributed by atoms with Crippen LogP contribution in [0.2, 0.25) is 0 Å². The third-order valence-corrected chi connectivity index (χ3v) is 9.16. The zero-order chi connectivity index (χ0) is 19.5. The summed E-state index contributed by atoms with van der Waals surface area (Å²) in [6.07, 6.45) is 9.91. The van der Waals surface area contributed by atoms with E-state index in [1.807, 2.05) is 0 Å². The van der Waals surface area contributed by atoms with Gasteiger partial charge in [-0.1, -0.05) is 19.9 Å². The summed E-state index contributed by atoms with van der Waals surface area (Å²) in [6, 6.07) is 0. The standard InChI is InChI=1S/C23H34N2O3/c1-22-8-5-14(25-28-15-7-10-24-13-15)11-19(22)20(26)12-16-17-3-4-21(27)23(17,2)9-6-18(16)22/h11,15-19,24-25H,3-10,12-13H2,1-2H3/t15-,16+,17+,18+,19?,22-,23+/m1/s1. The fourth-order valence-corrected chi connectivity index (χ4v) is 7.41. The topological polar surface area (TPSA) is 67.4 Å². The number of hydrogen-bond acceptors (Lipinski definition) is 5. The highest BCUT2D eigenvalue weighted by Gasteiger charge is 2.61. The van der Waals surface area contributed by atoms with E-state index in [2.05, 4.69) is 30.7 Å². The van der Waals surface area contributed by atoms with E-state index >= 15 is 0 Å². The number of ketones is 2. The Morgan fingerprint density at radius 3 is 2.75 bits per heavy atom. The van der Waals surface area contributed by atoms with E-state index < -0.39 is 0 Å². The van der Waals surface area contributed by atoms with Crippen LogP contribution in [-0.2, 0) is 14.4 Å². The van der Waals surface area contributed by atoms with Crippen molar-refractivity contribution in [3.05, 3.63) is 11.8 Å². The summed E-state index contributed by atoms with van der Waals surface area (Å²) >= 11 is 0. The van der Waals surface area contributed by atoms with Crippen molar-refractivity contribution in [2.45, 2.75) is 71.3 Å². The molecule has 0 spiro atoms. The molecule has 0 amide bonds. The van der Waals surface area contributed by atoms with Gasteiger partial charge in [-0.05, 0) is 68.2 Å². The van der Waals surface area contributed by atoms with Crippen molar-refractivity contribution in [1.29, 1.82) is 0 Å². The second kappa shape index (κ2) is 6.66. The van der Waals surface area contributed by atoms with Crippen LogP contribution < -0.4 is 10.8 Å². The van der Waals surface area contributed by atoms with Crippen LogP contribution in [-0.4, -0.2) is 30.8 Å². The molecule has 3 saturated carbocycles. The average Bonchev–Trinajstić information content (AvgIpc) is 3.29. The van der Waals surface area contributed by atoms with Gasteiger partial charge in [0.15, 0.2) is 0 Å². The minimum Gasteiger partial charge on any atom is -0.314 e. The second-order valence-corrected chi connectivity index (χ2v) is 10.5. The summed E-state index contributed by atoms with van der Waals surface area (Å²) in [6.45, 7) is 6.43. The Morgan fingerprint density at radius 1 is 1.11 bits per heavy atom. The van der Waals surface area contributed by atoms with Gasteiger partial charge in [0.1, 0.15) is 11.6 Å². The first-order valence-corrected chi connectivity index (χ1v) is 11.3. The van der Waals surface area contributed by atoms with Crippen LogP contribution in [0.5, 0.6) is 0 Å². The molecular formula is C23H34N2O3. The largest absolute Gasteiger partial charge is 0.314 e. The van der Waals surface area contributed by atoms with Gasteiger partial charge in [0.2, 0.25) is 0 Å². The number of hydrogen-bond donors (Lipinski definition) is 2. The van der Waals surface area contributed by atoms with Crippen molar-refractivity contribution < 1.29 is 14.4 Å². The Hall–Kier alpha value is -1.20. The zero-order valence-electron chi connectivity index (χ0n) is 17.3. The molecule has 0 radical (unpaired) electrons. The van der Waals surface area contributed by atoms with Gasteiger partial charge in [0.25, 0.3) is 0 Å². The van der Waals surface area contributed by atoms with Gasteiger partial charge in [0.05, 0.1) is 6.10 Å². The lowest BCUT2D eigenvalue weighted by Crippen LogP contribution is -2.55. The quantitative estimate of drug-likeness (QED) is 0.730. The summed E-state index contributed by atoms with van der Waals surface area (Å²) < 4.78 is 0. The molecule has 0 aromatic carbocycles. The number of carbonyl (C=O) groups excluding carboxylic acids is 2. The van der Waals surface area contributed by atoms with E-state index in [4.69, 9.17) is 4.84 Å². The first kappa shape index (κ1) is 18.8. The molecule has 1 aliphatic heterocycles. The highest BCUT2D eigenvalue weighted by molar-refractivity contribution is 5.88. The molecule has 5 aliphatic rings. The Balaban J connectivity index is 1.35. The molecule has 1 heterocycles. The number of allylic oxidation sites excluding steroid dienone is 2. The third-order valence-electron chi connectivity index (χ3n) is 9.16. The minimum absolute atomic E-state index is 0.00300. The van der Waals surface area contributed by atoms with Crippen molar-refractivity contribution in [3.63, 3.8) is 0 Å². The molecule has 5 rings (SSSR count). The monoisotopic (exact) mass is 386 g/mol. The summed E-state index contributed by atoms with van der Waals surface area (Å²) in [5.41, 5.74) is 4.13. The van der Waals surface area contributed by atoms with E-state index in [0.717, 1.165) is 63.7 Å². The van der Waals surface area contributed by atoms with E-state index in [1.165, 1.54) is 0 Å². The van der Waals surface area contributed by atoms with Crippen LogP contribution in [0.3, 0.4) is 0 Å². The van der Waals surface area contributed by atoms with Crippen LogP contribution in [0.1, 0.15) is 65.2 Å². The molecule has 0 aromatic heterocycles. The van der Waals surface area contributed by atoms with E-state index in [0.29, 0.717) is 35.7 Å². The fraction of sp³-hybridized carbons (Fsp3) is 0.826. The maximum atomic E-state index is 13.3. The smallest absolute Gasteiger partial charge is 0.140 e. The molecule has 4 fully saturated rings. The summed E-state index contributed by atoms with van der Waals surface area (Å²) in [5, 5.41) is 3.31. The van der Waals surface area contributed by atoms with Crippen LogP contribution in [0.25, 0.3) is 0 Å². The summed E-state index contributed by atoms with van der Waals surface area (Å²) in [4.78, 5) is 31.7. The lowest BCUT2D eigenvalue weighted by molar-refractivity contribution is -0.149. The normalized spacial score (nSPS) is 47.9. The fourth-order valence-electron chi connectivity index (χ4n) is 7.41. The molecule has 1 saturated heterocycles. The van der Waals surface area contributed by atoms with Crippen LogP contribution >= 0.6 is 0 Å². The lowest BCUT2D eigenvalue weighted by atomic mass is 9.46. The van der Waals surface area contributed by atoms with Gasteiger partial charge < -0.3 is 5.32 Å². The highest BCUT2D eigenvalue weighted by atomic mass is 16.7. The van der Waals surface area contributed by atoms with Gasteiger partial charge in [-0.15, -0.1) is 0 Å². The van der Waals surface area contributed by atoms with Crippen molar-refractivity contribution >= 4 is 11.6 Å². The molecule has 7 atom stereocenters. The second-order valence-electron chi connectivity index (χ2n) is 10.5. The Labute approximate surface area is 168 Å². The predicted octanol–water partition coefficient (Wildman–Crippen LogP) is 3.15. The average molecular weight is 387 g/mol. The van der Waals surface area contributed by atoms with Gasteiger partial charge in [-0.2, -0.15) is 0 Å². The number of hydroxylamine groups is 1. The Morgan fingerprint density at radius 2 is 1.96 bits per heavy atom. The first-order valence-electron chi connectivity index (χ1n) is 11.3. The van der Waals surface area contributed by atoms with Crippen LogP contribution in [0, 0.1) is 34.5 Å². The van der Waals surface area contributed by atoms with Crippen molar-refractivity contribution in [1.82, 2.24) is 10.8 Å². The number of carbonyl (C=O) groups is 2. The zero-order valence-corrected chi connectivity index (χ0v) is 17.3. The maximum Gasteiger partial charge on any atom is 0.140 e. The van der Waals surface area contributed by atoms with Crippen LogP contribution in [0.4, 0.5) is 0 Å². The number of nitrogens with one attached hydrogen (secondary N) is 2. The predicted molar refractivity (Wildman–Crippen MR) is 106 cm³/mol. The molecule has 4 aliphatic carbocycles. The number of fused-ring (bicyclic) bond motifs is 5. The Kier molecular flexibility index (Phi) is 4.48. The molecule has 5 nitrogen and oxygen atoms in total. The molecule has 1 unspecified atom stereocenters. The van der Waals surface area contributed by atoms with Gasteiger partial charge >= 0.3 is 0 Å². The molecule has 5 heteroatoms. The molecule has 2 N–H and O–H groups in total. The van der Waals surface area contributed by atoms with Gasteiger partial charge in [0, 0.05) is 36.4 Å². The maximum absolute atomic E-state index is 13.3. The highest BCUT2D eigenvalue weighted by Crippen LogP contribution is 2.64. The third kappa shape index (κ3) is 2.72. The molecule has 154 valence electrons. The molecule has 0 aromatic rings. The van der Waals surface area contributed by atoms with E-state index in [9.17, 15) is 9.59 Å².